The SMILES string of the molecule is O=C(c1ccccc1)c1ccc(CNC(=O)c2ccccc2[N+](=O)[O-])s1. The number of benzene rings is 2. The zero-order chi connectivity index (χ0) is 18.5. The van der Waals surface area contributed by atoms with Crippen LogP contribution in [-0.4, -0.2) is 16.6 Å². The van der Waals surface area contributed by atoms with Gasteiger partial charge in [0.15, 0.2) is 0 Å². The van der Waals surface area contributed by atoms with Gasteiger partial charge in [-0.1, -0.05) is 42.5 Å². The second-order valence-electron chi connectivity index (χ2n) is 5.42. The summed E-state index contributed by atoms with van der Waals surface area (Å²) in [7, 11) is 0. The van der Waals surface area contributed by atoms with Crippen molar-refractivity contribution in [3.05, 3.63) is 97.7 Å². The van der Waals surface area contributed by atoms with Gasteiger partial charge in [-0.25, -0.2) is 0 Å². The van der Waals surface area contributed by atoms with Gasteiger partial charge in [-0.15, -0.1) is 11.3 Å². The van der Waals surface area contributed by atoms with E-state index in [4.69, 9.17) is 0 Å². The molecule has 0 spiro atoms. The van der Waals surface area contributed by atoms with Crippen LogP contribution in [0.1, 0.15) is 30.5 Å². The number of nitrogens with one attached hydrogen (secondary N) is 1. The molecule has 0 atom stereocenters. The molecule has 0 radical (unpaired) electrons. The lowest BCUT2D eigenvalue weighted by molar-refractivity contribution is -0.385. The van der Waals surface area contributed by atoms with Crippen LogP contribution < -0.4 is 5.32 Å². The Morgan fingerprint density at radius 1 is 0.962 bits per heavy atom. The van der Waals surface area contributed by atoms with Crippen molar-refractivity contribution < 1.29 is 14.5 Å². The van der Waals surface area contributed by atoms with Gasteiger partial charge in [0.25, 0.3) is 11.6 Å². The molecule has 0 aliphatic carbocycles. The minimum atomic E-state index is -0.587. The Kier molecular flexibility index (Phi) is 5.19. The van der Waals surface area contributed by atoms with Gasteiger partial charge in [-0.05, 0) is 18.2 Å². The van der Waals surface area contributed by atoms with Crippen molar-refractivity contribution in [2.45, 2.75) is 6.54 Å². The van der Waals surface area contributed by atoms with E-state index in [0.29, 0.717) is 10.4 Å². The molecule has 0 saturated heterocycles. The number of nitrogens with zero attached hydrogens (tertiary/aromatic N) is 1. The van der Waals surface area contributed by atoms with Gasteiger partial charge in [0.1, 0.15) is 5.56 Å². The van der Waals surface area contributed by atoms with Crippen molar-refractivity contribution in [3.8, 4) is 0 Å². The Labute approximate surface area is 153 Å². The molecule has 1 N–H and O–H groups in total. The first-order valence-electron chi connectivity index (χ1n) is 7.76. The van der Waals surface area contributed by atoms with E-state index < -0.39 is 10.8 Å². The number of carbonyl (C=O) groups is 2. The molecule has 0 aliphatic heterocycles. The summed E-state index contributed by atoms with van der Waals surface area (Å²) in [6, 6.07) is 18.2. The highest BCUT2D eigenvalue weighted by molar-refractivity contribution is 7.14. The summed E-state index contributed by atoms with van der Waals surface area (Å²) in [6.07, 6.45) is 0. The molecule has 0 bridgehead atoms. The fourth-order valence-corrected chi connectivity index (χ4v) is 3.32. The predicted molar refractivity (Wildman–Crippen MR) is 98.5 cm³/mol. The molecule has 130 valence electrons. The number of amides is 1. The third-order valence-corrected chi connectivity index (χ3v) is 4.77. The third kappa shape index (κ3) is 3.84. The highest BCUT2D eigenvalue weighted by Crippen LogP contribution is 2.21. The topological polar surface area (TPSA) is 89.3 Å². The number of nitro groups is 1. The van der Waals surface area contributed by atoms with E-state index in [2.05, 4.69) is 5.32 Å². The first-order valence-corrected chi connectivity index (χ1v) is 8.58. The lowest BCUT2D eigenvalue weighted by Crippen LogP contribution is -2.23. The summed E-state index contributed by atoms with van der Waals surface area (Å²) < 4.78 is 0. The van der Waals surface area contributed by atoms with E-state index in [1.54, 1.807) is 42.5 Å². The zero-order valence-corrected chi connectivity index (χ0v) is 14.4. The largest absolute Gasteiger partial charge is 0.347 e. The van der Waals surface area contributed by atoms with Crippen LogP contribution in [0.3, 0.4) is 0 Å². The lowest BCUT2D eigenvalue weighted by atomic mass is 10.1. The summed E-state index contributed by atoms with van der Waals surface area (Å²) in [5.74, 6) is -0.603. The van der Waals surface area contributed by atoms with Gasteiger partial charge in [0.2, 0.25) is 5.78 Å². The van der Waals surface area contributed by atoms with Crippen LogP contribution in [0.4, 0.5) is 5.69 Å². The van der Waals surface area contributed by atoms with E-state index in [9.17, 15) is 19.7 Å². The molecule has 26 heavy (non-hydrogen) atoms. The van der Waals surface area contributed by atoms with Crippen molar-refractivity contribution in [2.75, 3.05) is 0 Å². The van der Waals surface area contributed by atoms with E-state index in [1.807, 2.05) is 6.07 Å². The normalized spacial score (nSPS) is 10.3. The molecule has 6 nitrogen and oxygen atoms in total. The Balaban J connectivity index is 1.68. The molecular formula is C19H14N2O4S. The summed E-state index contributed by atoms with van der Waals surface area (Å²) in [6.45, 7) is 0.192. The number of nitro benzene ring substituents is 1. The van der Waals surface area contributed by atoms with Crippen molar-refractivity contribution in [1.82, 2.24) is 5.32 Å². The minimum absolute atomic E-state index is 0.00893. The second-order valence-corrected chi connectivity index (χ2v) is 6.59. The third-order valence-electron chi connectivity index (χ3n) is 3.69. The maximum Gasteiger partial charge on any atom is 0.282 e. The summed E-state index contributed by atoms with van der Waals surface area (Å²) in [5.41, 5.74) is 0.371. The van der Waals surface area contributed by atoms with Gasteiger partial charge in [0, 0.05) is 16.5 Å². The number of thiophene rings is 1. The number of para-hydroxylation sites is 1. The van der Waals surface area contributed by atoms with Crippen molar-refractivity contribution in [3.63, 3.8) is 0 Å². The van der Waals surface area contributed by atoms with Crippen LogP contribution in [-0.2, 0) is 6.54 Å². The van der Waals surface area contributed by atoms with Crippen LogP contribution in [0.25, 0.3) is 0 Å². The van der Waals surface area contributed by atoms with E-state index in [-0.39, 0.29) is 23.6 Å². The molecule has 1 heterocycles. The molecule has 1 aromatic heterocycles. The maximum absolute atomic E-state index is 12.4. The highest BCUT2D eigenvalue weighted by atomic mass is 32.1. The zero-order valence-electron chi connectivity index (χ0n) is 13.5. The Morgan fingerprint density at radius 2 is 1.65 bits per heavy atom. The number of hydrogen-bond donors (Lipinski definition) is 1. The molecule has 2 aromatic carbocycles. The second kappa shape index (κ2) is 7.71. The van der Waals surface area contributed by atoms with Crippen LogP contribution >= 0.6 is 11.3 Å². The fourth-order valence-electron chi connectivity index (χ4n) is 2.41. The van der Waals surface area contributed by atoms with Gasteiger partial charge >= 0.3 is 0 Å². The standard InChI is InChI=1S/C19H14N2O4S/c22-18(13-6-2-1-3-7-13)17-11-10-14(26-17)12-20-19(23)15-8-4-5-9-16(15)21(24)25/h1-11H,12H2,(H,20,23). The molecule has 0 aliphatic rings. The summed E-state index contributed by atoms with van der Waals surface area (Å²) in [4.78, 5) is 36.4. The molecule has 0 fully saturated rings. The quantitative estimate of drug-likeness (QED) is 0.408. The average Bonchev–Trinajstić information content (AvgIpc) is 3.15. The molecule has 0 unspecified atom stereocenters. The predicted octanol–water partition coefficient (Wildman–Crippen LogP) is 3.82. The van der Waals surface area contributed by atoms with E-state index in [0.717, 1.165) is 4.88 Å². The van der Waals surface area contributed by atoms with Crippen molar-refractivity contribution in [2.24, 2.45) is 0 Å². The first-order chi connectivity index (χ1) is 12.6. The Hall–Kier alpha value is -3.32. The average molecular weight is 366 g/mol. The van der Waals surface area contributed by atoms with E-state index in [1.165, 1.54) is 29.5 Å². The van der Waals surface area contributed by atoms with Crippen molar-refractivity contribution in [1.29, 1.82) is 0 Å². The van der Waals surface area contributed by atoms with Crippen LogP contribution in [0.5, 0.6) is 0 Å². The van der Waals surface area contributed by atoms with Crippen LogP contribution in [0.15, 0.2) is 66.7 Å². The molecule has 3 rings (SSSR count). The van der Waals surface area contributed by atoms with Gasteiger partial charge in [-0.3, -0.25) is 19.7 Å². The van der Waals surface area contributed by atoms with Crippen LogP contribution in [0, 0.1) is 10.1 Å². The Bertz CT molecular complexity index is 966. The van der Waals surface area contributed by atoms with Gasteiger partial charge in [-0.2, -0.15) is 0 Å². The minimum Gasteiger partial charge on any atom is -0.347 e. The van der Waals surface area contributed by atoms with Crippen LogP contribution in [0.2, 0.25) is 0 Å². The van der Waals surface area contributed by atoms with Crippen molar-refractivity contribution >= 4 is 28.7 Å². The van der Waals surface area contributed by atoms with Gasteiger partial charge < -0.3 is 5.32 Å². The number of hydrogen-bond acceptors (Lipinski definition) is 5. The number of carbonyl (C=O) groups excluding carboxylic acids is 2. The maximum atomic E-state index is 12.4. The first kappa shape index (κ1) is 17.5. The fraction of sp³-hybridized carbons (Fsp3) is 0.0526. The molecule has 0 saturated carbocycles. The van der Waals surface area contributed by atoms with Gasteiger partial charge in [0.05, 0.1) is 16.3 Å². The number of ketones is 1. The summed E-state index contributed by atoms with van der Waals surface area (Å²) >= 11 is 1.29. The van der Waals surface area contributed by atoms with E-state index >= 15 is 0 Å². The monoisotopic (exact) mass is 366 g/mol. The Morgan fingerprint density at radius 3 is 2.38 bits per heavy atom. The lowest BCUT2D eigenvalue weighted by Gasteiger charge is -2.04. The molecule has 3 aromatic rings. The highest BCUT2D eigenvalue weighted by Gasteiger charge is 2.19. The number of rotatable bonds is 6. The summed E-state index contributed by atoms with van der Waals surface area (Å²) in [5, 5.41) is 13.7. The molecular weight excluding hydrogens is 352 g/mol. The molecule has 1 amide bonds. The smallest absolute Gasteiger partial charge is 0.282 e. The molecule has 7 heteroatoms.